The molecule has 1 aliphatic carbocycles. The molecule has 0 aromatic heterocycles. The van der Waals surface area contributed by atoms with E-state index in [1.807, 2.05) is 0 Å². The fourth-order valence-corrected chi connectivity index (χ4v) is 2.44. The molecule has 6 heteroatoms. The Balaban J connectivity index is 1.79. The number of nitrogens with one attached hydrogen (secondary N) is 2. The lowest BCUT2D eigenvalue weighted by Gasteiger charge is -2.23. The van der Waals surface area contributed by atoms with E-state index in [1.165, 1.54) is 31.5 Å². The second-order valence-electron chi connectivity index (χ2n) is 4.85. The minimum absolute atomic E-state index is 0.405. The van der Waals surface area contributed by atoms with Crippen LogP contribution < -0.4 is 10.7 Å². The summed E-state index contributed by atoms with van der Waals surface area (Å²) in [5, 5.41) is 7.56. The summed E-state index contributed by atoms with van der Waals surface area (Å²) in [6, 6.07) is 4.00. The van der Waals surface area contributed by atoms with Crippen LogP contribution in [0.5, 0.6) is 0 Å². The van der Waals surface area contributed by atoms with Crippen LogP contribution in [-0.2, 0) is 0 Å². The van der Waals surface area contributed by atoms with Crippen LogP contribution in [0.2, 0.25) is 0 Å². The van der Waals surface area contributed by atoms with Gasteiger partial charge in [0.2, 0.25) is 0 Å². The van der Waals surface area contributed by atoms with E-state index in [1.54, 1.807) is 0 Å². The summed E-state index contributed by atoms with van der Waals surface area (Å²) in [6.07, 6.45) is 7.37. The van der Waals surface area contributed by atoms with Crippen molar-refractivity contribution in [3.05, 3.63) is 35.4 Å². The first-order valence-electron chi connectivity index (χ1n) is 6.70. The van der Waals surface area contributed by atoms with E-state index < -0.39 is 11.6 Å². The van der Waals surface area contributed by atoms with E-state index in [0.29, 0.717) is 16.7 Å². The van der Waals surface area contributed by atoms with Gasteiger partial charge in [-0.3, -0.25) is 5.43 Å². The zero-order valence-corrected chi connectivity index (χ0v) is 11.9. The molecule has 3 nitrogen and oxygen atoms in total. The van der Waals surface area contributed by atoms with Gasteiger partial charge in [-0.05, 0) is 42.8 Å². The summed E-state index contributed by atoms with van der Waals surface area (Å²) in [5.41, 5.74) is 3.16. The third-order valence-electron chi connectivity index (χ3n) is 3.26. The van der Waals surface area contributed by atoms with Crippen molar-refractivity contribution in [1.82, 2.24) is 10.7 Å². The van der Waals surface area contributed by atoms with Crippen molar-refractivity contribution < 1.29 is 8.78 Å². The second kappa shape index (κ2) is 7.28. The minimum atomic E-state index is -0.892. The van der Waals surface area contributed by atoms with Crippen LogP contribution in [0.15, 0.2) is 23.3 Å². The topological polar surface area (TPSA) is 36.4 Å². The van der Waals surface area contributed by atoms with Gasteiger partial charge in [0.25, 0.3) is 0 Å². The molecule has 1 aromatic rings. The van der Waals surface area contributed by atoms with Crippen molar-refractivity contribution >= 4 is 23.5 Å². The Morgan fingerprint density at radius 1 is 1.20 bits per heavy atom. The van der Waals surface area contributed by atoms with E-state index in [2.05, 4.69) is 15.8 Å². The number of hydrazone groups is 1. The van der Waals surface area contributed by atoms with Gasteiger partial charge in [-0.1, -0.05) is 25.3 Å². The lowest BCUT2D eigenvalue weighted by molar-refractivity contribution is 0.412. The highest BCUT2D eigenvalue weighted by atomic mass is 32.1. The van der Waals surface area contributed by atoms with Gasteiger partial charge in [-0.15, -0.1) is 0 Å². The number of benzene rings is 1. The standard InChI is InChI=1S/C14H17F2N3S/c15-12-7-6-10(8-13(12)16)9-17-19-14(20)18-11-4-2-1-3-5-11/h6-9,11H,1-5H2,(H2,18,19,20)/b17-9+. The number of halogens is 2. The number of hydrogen-bond acceptors (Lipinski definition) is 2. The zero-order valence-electron chi connectivity index (χ0n) is 11.0. The summed E-state index contributed by atoms with van der Waals surface area (Å²) in [4.78, 5) is 0. The van der Waals surface area contributed by atoms with Crippen LogP contribution in [0.1, 0.15) is 37.7 Å². The molecule has 0 heterocycles. The highest BCUT2D eigenvalue weighted by molar-refractivity contribution is 7.80. The molecule has 1 aliphatic rings. The molecule has 0 amide bonds. The number of thiocarbonyl (C=S) groups is 1. The summed E-state index contributed by atoms with van der Waals surface area (Å²) in [5.74, 6) is -1.76. The molecule has 0 spiro atoms. The van der Waals surface area contributed by atoms with Crippen LogP contribution in [0, 0.1) is 11.6 Å². The molecule has 0 saturated heterocycles. The first-order chi connectivity index (χ1) is 9.65. The van der Waals surface area contributed by atoms with Gasteiger partial charge < -0.3 is 5.32 Å². The van der Waals surface area contributed by atoms with Gasteiger partial charge in [0, 0.05) is 6.04 Å². The van der Waals surface area contributed by atoms with E-state index >= 15 is 0 Å². The van der Waals surface area contributed by atoms with Crippen LogP contribution in [-0.4, -0.2) is 17.4 Å². The van der Waals surface area contributed by atoms with Gasteiger partial charge in [0.05, 0.1) is 6.21 Å². The van der Waals surface area contributed by atoms with Crippen molar-refractivity contribution in [2.45, 2.75) is 38.1 Å². The predicted octanol–water partition coefficient (Wildman–Crippen LogP) is 3.10. The predicted molar refractivity (Wildman–Crippen MR) is 79.7 cm³/mol. The van der Waals surface area contributed by atoms with Gasteiger partial charge in [0.15, 0.2) is 16.7 Å². The fraction of sp³-hybridized carbons (Fsp3) is 0.429. The van der Waals surface area contributed by atoms with Crippen molar-refractivity contribution in [3.63, 3.8) is 0 Å². The number of nitrogens with zero attached hydrogens (tertiary/aromatic N) is 1. The zero-order chi connectivity index (χ0) is 14.4. The van der Waals surface area contributed by atoms with Gasteiger partial charge in [0.1, 0.15) is 0 Å². The maximum atomic E-state index is 13.0. The van der Waals surface area contributed by atoms with E-state index in [9.17, 15) is 8.78 Å². The van der Waals surface area contributed by atoms with Crippen LogP contribution in [0.4, 0.5) is 8.78 Å². The van der Waals surface area contributed by atoms with Crippen LogP contribution in [0.25, 0.3) is 0 Å². The van der Waals surface area contributed by atoms with Crippen molar-refractivity contribution in [3.8, 4) is 0 Å². The molecular formula is C14H17F2N3S. The molecule has 0 radical (unpaired) electrons. The maximum absolute atomic E-state index is 13.0. The molecule has 0 bridgehead atoms. The number of rotatable bonds is 3. The van der Waals surface area contributed by atoms with Gasteiger partial charge >= 0.3 is 0 Å². The first kappa shape index (κ1) is 14.8. The smallest absolute Gasteiger partial charge is 0.187 e. The lowest BCUT2D eigenvalue weighted by atomic mass is 9.96. The summed E-state index contributed by atoms with van der Waals surface area (Å²) >= 11 is 5.13. The Hall–Kier alpha value is -1.56. The van der Waals surface area contributed by atoms with Gasteiger partial charge in [-0.25, -0.2) is 8.78 Å². The molecule has 0 unspecified atom stereocenters. The van der Waals surface area contributed by atoms with Gasteiger partial charge in [-0.2, -0.15) is 5.10 Å². The quantitative estimate of drug-likeness (QED) is 0.511. The number of hydrogen-bond donors (Lipinski definition) is 2. The summed E-state index contributed by atoms with van der Waals surface area (Å²) < 4.78 is 25.7. The molecule has 2 N–H and O–H groups in total. The highest BCUT2D eigenvalue weighted by Crippen LogP contribution is 2.17. The third kappa shape index (κ3) is 4.52. The SMILES string of the molecule is Fc1ccc(/C=N/NC(=S)NC2CCCCC2)cc1F. The van der Waals surface area contributed by atoms with E-state index in [-0.39, 0.29) is 0 Å². The summed E-state index contributed by atoms with van der Waals surface area (Å²) in [6.45, 7) is 0. The lowest BCUT2D eigenvalue weighted by Crippen LogP contribution is -2.40. The average Bonchev–Trinajstić information content (AvgIpc) is 2.44. The second-order valence-corrected chi connectivity index (χ2v) is 5.26. The molecule has 2 rings (SSSR count). The molecule has 1 saturated carbocycles. The first-order valence-corrected chi connectivity index (χ1v) is 7.10. The average molecular weight is 297 g/mol. The monoisotopic (exact) mass is 297 g/mol. The molecular weight excluding hydrogens is 280 g/mol. The van der Waals surface area contributed by atoms with E-state index in [0.717, 1.165) is 25.0 Å². The van der Waals surface area contributed by atoms with Crippen molar-refractivity contribution in [2.24, 2.45) is 5.10 Å². The largest absolute Gasteiger partial charge is 0.359 e. The third-order valence-corrected chi connectivity index (χ3v) is 3.47. The molecule has 20 heavy (non-hydrogen) atoms. The molecule has 1 aromatic carbocycles. The molecule has 1 fully saturated rings. The Morgan fingerprint density at radius 2 is 1.95 bits per heavy atom. The van der Waals surface area contributed by atoms with Crippen molar-refractivity contribution in [1.29, 1.82) is 0 Å². The van der Waals surface area contributed by atoms with Crippen molar-refractivity contribution in [2.75, 3.05) is 0 Å². The highest BCUT2D eigenvalue weighted by Gasteiger charge is 2.13. The molecule has 0 atom stereocenters. The molecule has 0 aliphatic heterocycles. The van der Waals surface area contributed by atoms with E-state index in [4.69, 9.17) is 12.2 Å². The fourth-order valence-electron chi connectivity index (χ4n) is 2.22. The Bertz CT molecular complexity index is 499. The molecule has 108 valence electrons. The Kier molecular flexibility index (Phi) is 5.40. The maximum Gasteiger partial charge on any atom is 0.187 e. The normalized spacial score (nSPS) is 16.3. The van der Waals surface area contributed by atoms with Crippen LogP contribution >= 0.6 is 12.2 Å². The Labute approximate surface area is 122 Å². The van der Waals surface area contributed by atoms with Crippen LogP contribution in [0.3, 0.4) is 0 Å². The Morgan fingerprint density at radius 3 is 2.65 bits per heavy atom. The minimum Gasteiger partial charge on any atom is -0.359 e. The summed E-state index contributed by atoms with van der Waals surface area (Å²) in [7, 11) is 0.